The number of carbonyl (C=O) groups excluding carboxylic acids is 1. The topological polar surface area (TPSA) is 134 Å². The molecule has 2 aromatic carbocycles. The van der Waals surface area contributed by atoms with Crippen molar-refractivity contribution in [2.45, 2.75) is 23.5 Å². The van der Waals surface area contributed by atoms with Crippen molar-refractivity contribution < 1.29 is 27.3 Å². The minimum absolute atomic E-state index is 0.0228. The molecule has 2 N–H and O–H groups in total. The van der Waals surface area contributed by atoms with Crippen LogP contribution >= 0.6 is 11.8 Å². The molecule has 11 heteroatoms. The van der Waals surface area contributed by atoms with Gasteiger partial charge >= 0.3 is 16.1 Å². The third-order valence-corrected chi connectivity index (χ3v) is 6.23. The van der Waals surface area contributed by atoms with Gasteiger partial charge in [0.2, 0.25) is 5.91 Å². The van der Waals surface area contributed by atoms with E-state index in [1.807, 2.05) is 6.92 Å². The van der Waals surface area contributed by atoms with Crippen molar-refractivity contribution in [1.82, 2.24) is 5.32 Å². The third-order valence-electron chi connectivity index (χ3n) is 3.91. The maximum absolute atomic E-state index is 12.5. The van der Waals surface area contributed by atoms with E-state index < -0.39 is 27.2 Å². The first-order valence-corrected chi connectivity index (χ1v) is 10.9. The highest BCUT2D eigenvalue weighted by molar-refractivity contribution is 8.15. The fourth-order valence-corrected chi connectivity index (χ4v) is 4.29. The Bertz CT molecular complexity index is 1130. The van der Waals surface area contributed by atoms with Gasteiger partial charge in [0, 0.05) is 5.56 Å². The molecule has 0 bridgehead atoms. The van der Waals surface area contributed by atoms with Crippen LogP contribution in [0, 0.1) is 6.92 Å². The van der Waals surface area contributed by atoms with E-state index in [1.165, 1.54) is 24.4 Å². The Kier molecular flexibility index (Phi) is 6.53. The molecule has 1 amide bonds. The van der Waals surface area contributed by atoms with Gasteiger partial charge in [-0.25, -0.2) is 0 Å². The van der Waals surface area contributed by atoms with Crippen molar-refractivity contribution in [2.75, 3.05) is 0 Å². The van der Waals surface area contributed by atoms with Gasteiger partial charge in [-0.3, -0.25) is 9.59 Å². The van der Waals surface area contributed by atoms with E-state index in [1.54, 1.807) is 30.3 Å². The predicted octanol–water partition coefficient (Wildman–Crippen LogP) is 2.16. The minimum Gasteiger partial charge on any atom is -0.481 e. The highest BCUT2D eigenvalue weighted by atomic mass is 32.2. The summed E-state index contributed by atoms with van der Waals surface area (Å²) in [4.78, 5) is 22.5. The lowest BCUT2D eigenvalue weighted by molar-refractivity contribution is -0.138. The first-order chi connectivity index (χ1) is 14.2. The Morgan fingerprint density at radius 2 is 1.93 bits per heavy atom. The molecule has 0 aromatic heterocycles. The number of para-hydroxylation sites is 1. The number of carboxylic acid groups (broad SMARTS) is 1. The summed E-state index contributed by atoms with van der Waals surface area (Å²) in [6.07, 6.45) is 0.955. The maximum atomic E-state index is 12.5. The highest BCUT2D eigenvalue weighted by Crippen LogP contribution is 2.24. The molecular formula is C19H17N3O6S2. The molecule has 0 saturated carbocycles. The zero-order valence-electron chi connectivity index (χ0n) is 15.7. The van der Waals surface area contributed by atoms with E-state index in [9.17, 15) is 18.0 Å². The fraction of sp³-hybridized carbons (Fsp3) is 0.158. The first-order valence-electron chi connectivity index (χ1n) is 8.65. The molecule has 30 heavy (non-hydrogen) atoms. The van der Waals surface area contributed by atoms with E-state index in [-0.39, 0.29) is 22.2 Å². The van der Waals surface area contributed by atoms with E-state index in [4.69, 9.17) is 9.29 Å². The van der Waals surface area contributed by atoms with Gasteiger partial charge in [-0.2, -0.15) is 13.5 Å². The van der Waals surface area contributed by atoms with Crippen LogP contribution in [0.15, 0.2) is 63.6 Å². The summed E-state index contributed by atoms with van der Waals surface area (Å²) in [5.74, 6) is -1.48. The number of hydrogen-bond acceptors (Lipinski definition) is 8. The molecule has 1 aliphatic rings. The van der Waals surface area contributed by atoms with Crippen molar-refractivity contribution in [3.63, 3.8) is 0 Å². The summed E-state index contributed by atoms with van der Waals surface area (Å²) in [7, 11) is -4.03. The normalized spacial score (nSPS) is 18.0. The van der Waals surface area contributed by atoms with Crippen molar-refractivity contribution in [3.8, 4) is 5.75 Å². The molecule has 1 aliphatic heterocycles. The van der Waals surface area contributed by atoms with Crippen LogP contribution in [0.1, 0.15) is 17.5 Å². The number of amidine groups is 1. The molecule has 156 valence electrons. The number of nitrogens with zero attached hydrogens (tertiary/aromatic N) is 2. The Labute approximate surface area is 177 Å². The zero-order chi connectivity index (χ0) is 21.7. The highest BCUT2D eigenvalue weighted by Gasteiger charge is 2.32. The van der Waals surface area contributed by atoms with Gasteiger partial charge in [0.05, 0.1) is 12.6 Å². The number of benzene rings is 2. The van der Waals surface area contributed by atoms with Crippen LogP contribution in [-0.2, 0) is 19.7 Å². The van der Waals surface area contributed by atoms with Crippen LogP contribution in [-0.4, -0.2) is 42.0 Å². The third kappa shape index (κ3) is 5.45. The largest absolute Gasteiger partial charge is 0.481 e. The molecule has 1 saturated heterocycles. The number of nitrogens with one attached hydrogen (secondary N) is 1. The molecule has 0 spiro atoms. The number of carbonyl (C=O) groups is 2. The first kappa shape index (κ1) is 21.5. The molecule has 9 nitrogen and oxygen atoms in total. The van der Waals surface area contributed by atoms with Gasteiger partial charge in [0.1, 0.15) is 10.1 Å². The van der Waals surface area contributed by atoms with Gasteiger partial charge in [-0.15, -0.1) is 5.10 Å². The van der Waals surface area contributed by atoms with E-state index in [0.29, 0.717) is 5.56 Å². The summed E-state index contributed by atoms with van der Waals surface area (Å²) in [5, 5.41) is 18.3. The Morgan fingerprint density at radius 3 is 2.63 bits per heavy atom. The predicted molar refractivity (Wildman–Crippen MR) is 112 cm³/mol. The Balaban J connectivity index is 1.75. The quantitative estimate of drug-likeness (QED) is 0.377. The number of aliphatic carboxylic acids is 1. The van der Waals surface area contributed by atoms with Gasteiger partial charge in [-0.05, 0) is 31.2 Å². The standard InChI is InChI=1S/C19H17N3O6S2/c1-12-6-8-14(9-7-12)30(26,27)28-15-5-3-2-4-13(15)11-20-22-19-21-18(25)16(29-19)10-17(23)24/h2-9,11,16H,10H2,1H3,(H,23,24)(H,21,22,25)/b20-11+. The van der Waals surface area contributed by atoms with E-state index in [2.05, 4.69) is 15.5 Å². The second-order valence-electron chi connectivity index (χ2n) is 6.23. The summed E-state index contributed by atoms with van der Waals surface area (Å²) in [6.45, 7) is 1.85. The van der Waals surface area contributed by atoms with Crippen LogP contribution in [0.5, 0.6) is 5.75 Å². The van der Waals surface area contributed by atoms with Crippen LogP contribution in [0.3, 0.4) is 0 Å². The van der Waals surface area contributed by atoms with Crippen molar-refractivity contribution in [2.24, 2.45) is 10.2 Å². The molecular weight excluding hydrogens is 430 g/mol. The molecule has 1 unspecified atom stereocenters. The van der Waals surface area contributed by atoms with Crippen molar-refractivity contribution in [3.05, 3.63) is 59.7 Å². The van der Waals surface area contributed by atoms with Gasteiger partial charge in [0.15, 0.2) is 10.9 Å². The van der Waals surface area contributed by atoms with Crippen molar-refractivity contribution >= 4 is 45.1 Å². The lowest BCUT2D eigenvalue weighted by atomic mass is 10.2. The average molecular weight is 447 g/mol. The second-order valence-corrected chi connectivity index (χ2v) is 8.97. The number of amides is 1. The molecule has 0 radical (unpaired) electrons. The monoisotopic (exact) mass is 447 g/mol. The van der Waals surface area contributed by atoms with Crippen LogP contribution in [0.25, 0.3) is 0 Å². The lowest BCUT2D eigenvalue weighted by Crippen LogP contribution is -2.26. The number of aryl methyl sites for hydroxylation is 1. The number of rotatable bonds is 7. The molecule has 1 fully saturated rings. The smallest absolute Gasteiger partial charge is 0.339 e. The molecule has 2 aromatic rings. The second kappa shape index (κ2) is 9.09. The summed E-state index contributed by atoms with van der Waals surface area (Å²) >= 11 is 0.962. The van der Waals surface area contributed by atoms with Crippen molar-refractivity contribution in [1.29, 1.82) is 0 Å². The molecule has 3 rings (SSSR count). The van der Waals surface area contributed by atoms with Gasteiger partial charge in [0.25, 0.3) is 0 Å². The SMILES string of the molecule is Cc1ccc(S(=O)(=O)Oc2ccccc2/C=N/N=C2\NC(=O)C(CC(=O)O)S2)cc1. The molecule has 1 atom stereocenters. The zero-order valence-corrected chi connectivity index (χ0v) is 17.3. The summed E-state index contributed by atoms with van der Waals surface area (Å²) < 4.78 is 30.3. The Hall–Kier alpha value is -3.18. The van der Waals surface area contributed by atoms with Crippen LogP contribution < -0.4 is 9.50 Å². The fourth-order valence-electron chi connectivity index (χ4n) is 2.42. The van der Waals surface area contributed by atoms with E-state index in [0.717, 1.165) is 17.3 Å². The maximum Gasteiger partial charge on any atom is 0.339 e. The van der Waals surface area contributed by atoms with E-state index >= 15 is 0 Å². The average Bonchev–Trinajstić information content (AvgIpc) is 3.02. The summed E-state index contributed by atoms with van der Waals surface area (Å²) in [5.41, 5.74) is 1.28. The molecule has 0 aliphatic carbocycles. The van der Waals surface area contributed by atoms with Crippen LogP contribution in [0.4, 0.5) is 0 Å². The summed E-state index contributed by atoms with van der Waals surface area (Å²) in [6, 6.07) is 12.6. The Morgan fingerprint density at radius 1 is 1.23 bits per heavy atom. The van der Waals surface area contributed by atoms with Gasteiger partial charge < -0.3 is 14.6 Å². The number of carboxylic acids is 1. The number of hydrogen-bond donors (Lipinski definition) is 2. The molecule has 1 heterocycles. The van der Waals surface area contributed by atoms with Gasteiger partial charge in [-0.1, -0.05) is 41.6 Å². The minimum atomic E-state index is -4.03. The lowest BCUT2D eigenvalue weighted by Gasteiger charge is -2.09. The number of thioether (sulfide) groups is 1. The van der Waals surface area contributed by atoms with Crippen LogP contribution in [0.2, 0.25) is 0 Å².